The standard InChI is InChI=1S/C31H29F3N4O3/c1-37(23-7-8-25-20(16-23)3-2-4-27(25)39)29-26(32)17-35-28(36-29)21-5-6-22-18-38(14-11-19(22)15-21)30(40)41-24-9-12-31(33,34)13-10-24/h2-3,5-8,15-17,24H,4,9-14,18H2,1H3. The van der Waals surface area contributed by atoms with Crippen LogP contribution in [0.4, 0.5) is 29.5 Å². The van der Waals surface area contributed by atoms with E-state index >= 15 is 0 Å². The van der Waals surface area contributed by atoms with E-state index < -0.39 is 23.9 Å². The monoisotopic (exact) mass is 562 g/mol. The second-order valence-corrected chi connectivity index (χ2v) is 10.8. The van der Waals surface area contributed by atoms with Gasteiger partial charge in [0, 0.05) is 56.2 Å². The summed E-state index contributed by atoms with van der Waals surface area (Å²) in [7, 11) is 1.71. The molecular weight excluding hydrogens is 533 g/mol. The molecule has 2 aliphatic carbocycles. The molecule has 0 N–H and O–H groups in total. The zero-order valence-electron chi connectivity index (χ0n) is 22.6. The van der Waals surface area contributed by atoms with E-state index in [4.69, 9.17) is 4.74 Å². The van der Waals surface area contributed by atoms with Crippen molar-refractivity contribution in [3.05, 3.63) is 76.7 Å². The third kappa shape index (κ3) is 5.55. The third-order valence-electron chi connectivity index (χ3n) is 8.03. The second-order valence-electron chi connectivity index (χ2n) is 10.8. The molecule has 0 bridgehead atoms. The van der Waals surface area contributed by atoms with Crippen LogP contribution in [0, 0.1) is 5.82 Å². The Morgan fingerprint density at radius 3 is 2.73 bits per heavy atom. The normalized spacial score (nSPS) is 18.0. The number of hydrogen-bond acceptors (Lipinski definition) is 6. The fourth-order valence-electron chi connectivity index (χ4n) is 5.60. The van der Waals surface area contributed by atoms with Gasteiger partial charge in [0.15, 0.2) is 23.2 Å². The van der Waals surface area contributed by atoms with E-state index in [1.165, 1.54) is 0 Å². The number of allylic oxidation sites excluding steroid dienone is 1. The highest BCUT2D eigenvalue weighted by atomic mass is 19.3. The number of carbonyl (C=O) groups is 2. The van der Waals surface area contributed by atoms with Crippen molar-refractivity contribution in [2.24, 2.45) is 0 Å². The third-order valence-corrected chi connectivity index (χ3v) is 8.03. The molecule has 2 heterocycles. The summed E-state index contributed by atoms with van der Waals surface area (Å²) in [6.45, 7) is 0.788. The van der Waals surface area contributed by atoms with Crippen LogP contribution in [0.5, 0.6) is 0 Å². The van der Waals surface area contributed by atoms with E-state index in [1.54, 1.807) is 29.0 Å². The number of rotatable bonds is 4. The van der Waals surface area contributed by atoms with E-state index in [0.29, 0.717) is 43.0 Å². The molecule has 1 fully saturated rings. The van der Waals surface area contributed by atoms with Crippen LogP contribution < -0.4 is 4.90 Å². The van der Waals surface area contributed by atoms with Crippen LogP contribution in [0.1, 0.15) is 59.2 Å². The van der Waals surface area contributed by atoms with Crippen molar-refractivity contribution in [2.75, 3.05) is 18.5 Å². The number of ketones is 1. The number of benzene rings is 2. The molecule has 1 saturated carbocycles. The fraction of sp³-hybridized carbons (Fsp3) is 0.355. The van der Waals surface area contributed by atoms with Gasteiger partial charge < -0.3 is 14.5 Å². The summed E-state index contributed by atoms with van der Waals surface area (Å²) in [6, 6.07) is 11.0. The lowest BCUT2D eigenvalue weighted by molar-refractivity contribution is -0.0691. The first-order chi connectivity index (χ1) is 19.7. The summed E-state index contributed by atoms with van der Waals surface area (Å²) in [5, 5.41) is 0. The van der Waals surface area contributed by atoms with Crippen molar-refractivity contribution in [1.29, 1.82) is 0 Å². The summed E-state index contributed by atoms with van der Waals surface area (Å²) in [5.41, 5.74) is 4.81. The lowest BCUT2D eigenvalue weighted by atomic mass is 9.94. The predicted octanol–water partition coefficient (Wildman–Crippen LogP) is 6.72. The van der Waals surface area contributed by atoms with Crippen LogP contribution in [-0.2, 0) is 17.7 Å². The maximum atomic E-state index is 14.9. The van der Waals surface area contributed by atoms with Gasteiger partial charge >= 0.3 is 6.09 Å². The number of nitrogens with zero attached hydrogens (tertiary/aromatic N) is 4. The summed E-state index contributed by atoms with van der Waals surface area (Å²) in [5.74, 6) is -2.73. The van der Waals surface area contributed by atoms with Crippen LogP contribution in [0.3, 0.4) is 0 Å². The van der Waals surface area contributed by atoms with Gasteiger partial charge in [-0.25, -0.2) is 27.9 Å². The van der Waals surface area contributed by atoms with Gasteiger partial charge in [-0.3, -0.25) is 4.79 Å². The van der Waals surface area contributed by atoms with Gasteiger partial charge in [0.05, 0.1) is 6.20 Å². The molecule has 6 rings (SSSR count). The van der Waals surface area contributed by atoms with Gasteiger partial charge in [0.1, 0.15) is 6.10 Å². The molecule has 1 amide bonds. The molecule has 0 unspecified atom stereocenters. The highest BCUT2D eigenvalue weighted by Crippen LogP contribution is 2.35. The van der Waals surface area contributed by atoms with Crippen LogP contribution >= 0.6 is 0 Å². The summed E-state index contributed by atoms with van der Waals surface area (Å²) in [4.78, 5) is 36.8. The van der Waals surface area contributed by atoms with E-state index in [0.717, 1.165) is 28.5 Å². The number of Topliss-reactive ketones (excluding diaryl/α,β-unsaturated/α-hetero) is 1. The maximum absolute atomic E-state index is 14.9. The van der Waals surface area contributed by atoms with Crippen LogP contribution in [0.2, 0.25) is 0 Å². The summed E-state index contributed by atoms with van der Waals surface area (Å²) >= 11 is 0. The van der Waals surface area contributed by atoms with Crippen LogP contribution in [0.25, 0.3) is 17.5 Å². The Morgan fingerprint density at radius 2 is 1.93 bits per heavy atom. The Morgan fingerprint density at radius 1 is 1.12 bits per heavy atom. The lowest BCUT2D eigenvalue weighted by Crippen LogP contribution is -2.39. The van der Waals surface area contributed by atoms with Gasteiger partial charge in [-0.2, -0.15) is 0 Å². The minimum Gasteiger partial charge on any atom is -0.446 e. The Bertz CT molecular complexity index is 1550. The molecule has 1 aliphatic heterocycles. The van der Waals surface area contributed by atoms with Crippen LogP contribution in [-0.4, -0.2) is 52.4 Å². The van der Waals surface area contributed by atoms with E-state index in [9.17, 15) is 22.8 Å². The summed E-state index contributed by atoms with van der Waals surface area (Å²) in [6.07, 6.45) is 4.67. The van der Waals surface area contributed by atoms with Crippen LogP contribution in [0.15, 0.2) is 48.7 Å². The number of aromatic nitrogens is 2. The Balaban J connectivity index is 1.17. The van der Waals surface area contributed by atoms with Crippen molar-refractivity contribution in [3.63, 3.8) is 0 Å². The number of alkyl halides is 2. The average molecular weight is 563 g/mol. The molecule has 3 aromatic rings. The number of amides is 1. The second kappa shape index (κ2) is 10.6. The van der Waals surface area contributed by atoms with Crippen molar-refractivity contribution in [2.45, 2.75) is 57.1 Å². The smallest absolute Gasteiger partial charge is 0.410 e. The van der Waals surface area contributed by atoms with Gasteiger partial charge in [0.2, 0.25) is 5.92 Å². The molecule has 0 radical (unpaired) electrons. The van der Waals surface area contributed by atoms with Gasteiger partial charge in [0.25, 0.3) is 0 Å². The molecular formula is C31H29F3N4O3. The lowest BCUT2D eigenvalue weighted by Gasteiger charge is -2.32. The van der Waals surface area contributed by atoms with Crippen molar-refractivity contribution in [1.82, 2.24) is 14.9 Å². The van der Waals surface area contributed by atoms with Crippen molar-refractivity contribution >= 4 is 29.5 Å². The zero-order chi connectivity index (χ0) is 28.7. The molecule has 3 aliphatic rings. The summed E-state index contributed by atoms with van der Waals surface area (Å²) < 4.78 is 47.3. The minimum atomic E-state index is -2.67. The first-order valence-corrected chi connectivity index (χ1v) is 13.7. The van der Waals surface area contributed by atoms with Crippen molar-refractivity contribution in [3.8, 4) is 11.4 Å². The van der Waals surface area contributed by atoms with Crippen molar-refractivity contribution < 1.29 is 27.5 Å². The highest BCUT2D eigenvalue weighted by Gasteiger charge is 2.37. The number of anilines is 2. The molecule has 41 heavy (non-hydrogen) atoms. The largest absolute Gasteiger partial charge is 0.446 e. The fourth-order valence-corrected chi connectivity index (χ4v) is 5.60. The quantitative estimate of drug-likeness (QED) is 0.351. The predicted molar refractivity (Wildman–Crippen MR) is 148 cm³/mol. The molecule has 1 aromatic heterocycles. The Labute approximate surface area is 235 Å². The van der Waals surface area contributed by atoms with Gasteiger partial charge in [-0.1, -0.05) is 24.3 Å². The SMILES string of the molecule is CN(c1ccc2c(c1)C=CCC2=O)c1nc(-c2ccc3c(c2)CCN(C(=O)OC2CCC(F)(F)CC2)C3)ncc1F. The Hall–Kier alpha value is -4.21. The zero-order valence-corrected chi connectivity index (χ0v) is 22.6. The maximum Gasteiger partial charge on any atom is 0.410 e. The first kappa shape index (κ1) is 27.0. The Kier molecular flexibility index (Phi) is 7.01. The topological polar surface area (TPSA) is 75.6 Å². The molecule has 2 aromatic carbocycles. The van der Waals surface area contributed by atoms with E-state index in [1.807, 2.05) is 36.4 Å². The van der Waals surface area contributed by atoms with E-state index in [-0.39, 0.29) is 37.3 Å². The molecule has 0 spiro atoms. The van der Waals surface area contributed by atoms with E-state index in [2.05, 4.69) is 9.97 Å². The average Bonchev–Trinajstić information content (AvgIpc) is 2.97. The minimum absolute atomic E-state index is 0.0520. The molecule has 7 nitrogen and oxygen atoms in total. The van der Waals surface area contributed by atoms with Gasteiger partial charge in [-0.15, -0.1) is 0 Å². The molecule has 10 heteroatoms. The molecule has 0 saturated heterocycles. The number of carbonyl (C=O) groups excluding carboxylic acids is 2. The number of hydrogen-bond donors (Lipinski definition) is 0. The first-order valence-electron chi connectivity index (χ1n) is 13.7. The number of halogens is 3. The molecule has 212 valence electrons. The van der Waals surface area contributed by atoms with Gasteiger partial charge in [-0.05, 0) is 60.2 Å². The molecule has 0 atom stereocenters. The number of ether oxygens (including phenoxy) is 1. The highest BCUT2D eigenvalue weighted by molar-refractivity contribution is 6.03. The number of fused-ring (bicyclic) bond motifs is 2.